The summed E-state index contributed by atoms with van der Waals surface area (Å²) in [5.41, 5.74) is 0. The molecule has 0 bridgehead atoms. The first-order valence-corrected chi connectivity index (χ1v) is 6.52. The molecular weight excluding hydrogens is 246 g/mol. The van der Waals surface area contributed by atoms with Gasteiger partial charge in [0.2, 0.25) is 5.91 Å². The first kappa shape index (κ1) is 13.6. The van der Waals surface area contributed by atoms with Crippen LogP contribution in [0.25, 0.3) is 0 Å². The third-order valence-corrected chi connectivity index (χ3v) is 3.54. The fraction of sp³-hybridized carbons (Fsp3) is 0.615. The maximum Gasteiger partial charge on any atom is 0.328 e. The number of aromatic nitrogens is 2. The molecule has 0 radical (unpaired) electrons. The van der Waals surface area contributed by atoms with Gasteiger partial charge in [0.15, 0.2) is 0 Å². The number of amides is 1. The van der Waals surface area contributed by atoms with Crippen LogP contribution >= 0.6 is 0 Å². The van der Waals surface area contributed by atoms with Crippen molar-refractivity contribution in [3.63, 3.8) is 0 Å². The molecule has 6 nitrogen and oxygen atoms in total. The summed E-state index contributed by atoms with van der Waals surface area (Å²) in [6.07, 6.45) is 5.92. The quantitative estimate of drug-likeness (QED) is 0.765. The van der Waals surface area contributed by atoms with Crippen LogP contribution in [0, 0.1) is 0 Å². The maximum atomic E-state index is 12.5. The molecule has 0 aromatic carbocycles. The van der Waals surface area contributed by atoms with E-state index in [4.69, 9.17) is 4.74 Å². The first-order chi connectivity index (χ1) is 9.15. The van der Waals surface area contributed by atoms with Crippen molar-refractivity contribution in [2.75, 3.05) is 13.7 Å². The SMILES string of the molecule is COC(=O)C1CCCCN1C(=O)C(C)n1cccn1. The lowest BCUT2D eigenvalue weighted by molar-refractivity contribution is -0.155. The van der Waals surface area contributed by atoms with Gasteiger partial charge in [0.1, 0.15) is 12.1 Å². The van der Waals surface area contributed by atoms with Gasteiger partial charge in [-0.15, -0.1) is 0 Å². The Kier molecular flexibility index (Phi) is 4.19. The zero-order valence-electron chi connectivity index (χ0n) is 11.3. The smallest absolute Gasteiger partial charge is 0.328 e. The second kappa shape index (κ2) is 5.86. The molecule has 0 aliphatic carbocycles. The normalized spacial score (nSPS) is 20.9. The minimum Gasteiger partial charge on any atom is -0.467 e. The van der Waals surface area contributed by atoms with Gasteiger partial charge in [0.05, 0.1) is 7.11 Å². The molecule has 2 unspecified atom stereocenters. The summed E-state index contributed by atoms with van der Waals surface area (Å²) in [6.45, 7) is 2.39. The van der Waals surface area contributed by atoms with Crippen molar-refractivity contribution in [1.29, 1.82) is 0 Å². The lowest BCUT2D eigenvalue weighted by Crippen LogP contribution is -2.50. The molecule has 1 fully saturated rings. The number of ether oxygens (including phenoxy) is 1. The average Bonchev–Trinajstić information content (AvgIpc) is 2.99. The van der Waals surface area contributed by atoms with Crippen LogP contribution < -0.4 is 0 Å². The Hall–Kier alpha value is -1.85. The van der Waals surface area contributed by atoms with Crippen LogP contribution in [-0.2, 0) is 14.3 Å². The molecule has 1 amide bonds. The Morgan fingerprint density at radius 1 is 1.42 bits per heavy atom. The predicted molar refractivity (Wildman–Crippen MR) is 68.3 cm³/mol. The van der Waals surface area contributed by atoms with Gasteiger partial charge >= 0.3 is 5.97 Å². The zero-order chi connectivity index (χ0) is 13.8. The fourth-order valence-corrected chi connectivity index (χ4v) is 2.44. The van der Waals surface area contributed by atoms with E-state index in [1.165, 1.54) is 7.11 Å². The van der Waals surface area contributed by atoms with Crippen molar-refractivity contribution in [1.82, 2.24) is 14.7 Å². The zero-order valence-corrected chi connectivity index (χ0v) is 11.3. The molecule has 0 N–H and O–H groups in total. The summed E-state index contributed by atoms with van der Waals surface area (Å²) in [6, 6.07) is 0.919. The van der Waals surface area contributed by atoms with Gasteiger partial charge in [-0.05, 0) is 32.3 Å². The van der Waals surface area contributed by atoms with Crippen molar-refractivity contribution in [3.05, 3.63) is 18.5 Å². The van der Waals surface area contributed by atoms with Gasteiger partial charge in [0, 0.05) is 18.9 Å². The number of esters is 1. The number of nitrogens with zero attached hydrogens (tertiary/aromatic N) is 3. The molecular formula is C13H19N3O3. The summed E-state index contributed by atoms with van der Waals surface area (Å²) >= 11 is 0. The average molecular weight is 265 g/mol. The Labute approximate surface area is 112 Å². The molecule has 2 atom stereocenters. The van der Waals surface area contributed by atoms with Crippen molar-refractivity contribution in [3.8, 4) is 0 Å². The highest BCUT2D eigenvalue weighted by Gasteiger charge is 2.35. The van der Waals surface area contributed by atoms with Gasteiger partial charge in [-0.1, -0.05) is 0 Å². The minimum atomic E-state index is -0.454. The number of hydrogen-bond acceptors (Lipinski definition) is 4. The molecule has 19 heavy (non-hydrogen) atoms. The third-order valence-electron chi connectivity index (χ3n) is 3.54. The monoisotopic (exact) mass is 265 g/mol. The largest absolute Gasteiger partial charge is 0.467 e. The van der Waals surface area contributed by atoms with E-state index in [1.807, 2.05) is 0 Å². The van der Waals surface area contributed by atoms with Crippen LogP contribution in [0.15, 0.2) is 18.5 Å². The molecule has 104 valence electrons. The summed E-state index contributed by atoms with van der Waals surface area (Å²) in [4.78, 5) is 25.9. The third kappa shape index (κ3) is 2.77. The van der Waals surface area contributed by atoms with E-state index in [1.54, 1.807) is 35.0 Å². The van der Waals surface area contributed by atoms with Crippen LogP contribution in [0.1, 0.15) is 32.2 Å². The van der Waals surface area contributed by atoms with Gasteiger partial charge < -0.3 is 9.64 Å². The van der Waals surface area contributed by atoms with Crippen LogP contribution in [0.5, 0.6) is 0 Å². The number of piperidine rings is 1. The maximum absolute atomic E-state index is 12.5. The Bertz CT molecular complexity index is 444. The molecule has 6 heteroatoms. The van der Waals surface area contributed by atoms with Crippen molar-refractivity contribution in [2.45, 2.75) is 38.3 Å². The number of likely N-dealkylation sites (tertiary alicyclic amines) is 1. The second-order valence-electron chi connectivity index (χ2n) is 4.73. The number of hydrogen-bond donors (Lipinski definition) is 0. The topological polar surface area (TPSA) is 64.4 Å². The summed E-state index contributed by atoms with van der Waals surface area (Å²) in [5.74, 6) is -0.417. The lowest BCUT2D eigenvalue weighted by Gasteiger charge is -2.35. The first-order valence-electron chi connectivity index (χ1n) is 6.52. The highest BCUT2D eigenvalue weighted by molar-refractivity contribution is 5.86. The molecule has 0 spiro atoms. The standard InChI is InChI=1S/C13H19N3O3/c1-10(16-9-5-7-14-16)12(17)15-8-4-3-6-11(15)13(18)19-2/h5,7,9-11H,3-4,6,8H2,1-2H3. The highest BCUT2D eigenvalue weighted by atomic mass is 16.5. The van der Waals surface area contributed by atoms with Gasteiger partial charge in [-0.25, -0.2) is 4.79 Å². The van der Waals surface area contributed by atoms with E-state index < -0.39 is 12.1 Å². The van der Waals surface area contributed by atoms with E-state index in [9.17, 15) is 9.59 Å². The summed E-state index contributed by atoms with van der Waals surface area (Å²) in [7, 11) is 1.36. The summed E-state index contributed by atoms with van der Waals surface area (Å²) in [5, 5.41) is 4.08. The second-order valence-corrected chi connectivity index (χ2v) is 4.73. The minimum absolute atomic E-state index is 0.0844. The molecule has 1 aromatic rings. The van der Waals surface area contributed by atoms with Crippen LogP contribution in [0.3, 0.4) is 0 Å². The number of methoxy groups -OCH3 is 1. The molecule has 0 saturated carbocycles. The van der Waals surface area contributed by atoms with Crippen molar-refractivity contribution >= 4 is 11.9 Å². The van der Waals surface area contributed by atoms with E-state index in [0.717, 1.165) is 12.8 Å². The number of carbonyl (C=O) groups excluding carboxylic acids is 2. The molecule has 1 saturated heterocycles. The van der Waals surface area contributed by atoms with Crippen LogP contribution in [0.2, 0.25) is 0 Å². The molecule has 2 heterocycles. The Morgan fingerprint density at radius 2 is 2.21 bits per heavy atom. The van der Waals surface area contributed by atoms with Gasteiger partial charge in [0.25, 0.3) is 0 Å². The number of rotatable bonds is 3. The highest BCUT2D eigenvalue weighted by Crippen LogP contribution is 2.21. The van der Waals surface area contributed by atoms with Crippen LogP contribution in [0.4, 0.5) is 0 Å². The van der Waals surface area contributed by atoms with Gasteiger partial charge in [-0.2, -0.15) is 5.10 Å². The van der Waals surface area contributed by atoms with E-state index >= 15 is 0 Å². The van der Waals surface area contributed by atoms with E-state index in [0.29, 0.717) is 13.0 Å². The lowest BCUT2D eigenvalue weighted by atomic mass is 10.0. The molecule has 2 rings (SSSR count). The Balaban J connectivity index is 2.13. The van der Waals surface area contributed by atoms with Crippen molar-refractivity contribution < 1.29 is 14.3 Å². The van der Waals surface area contributed by atoms with E-state index in [-0.39, 0.29) is 11.9 Å². The van der Waals surface area contributed by atoms with Crippen LogP contribution in [-0.4, -0.2) is 46.3 Å². The Morgan fingerprint density at radius 3 is 2.84 bits per heavy atom. The number of carbonyl (C=O) groups is 2. The summed E-state index contributed by atoms with van der Waals surface area (Å²) < 4.78 is 6.39. The fourth-order valence-electron chi connectivity index (χ4n) is 2.44. The predicted octanol–water partition coefficient (Wildman–Crippen LogP) is 0.998. The van der Waals surface area contributed by atoms with E-state index in [2.05, 4.69) is 5.10 Å². The molecule has 1 aliphatic heterocycles. The van der Waals surface area contributed by atoms with Gasteiger partial charge in [-0.3, -0.25) is 9.48 Å². The molecule has 1 aromatic heterocycles. The van der Waals surface area contributed by atoms with Crippen molar-refractivity contribution in [2.24, 2.45) is 0 Å². The molecule has 1 aliphatic rings.